The highest BCUT2D eigenvalue weighted by Gasteiger charge is 2.57. The number of allylic oxidation sites excluding steroid dienone is 1. The van der Waals surface area contributed by atoms with E-state index in [0.29, 0.717) is 6.42 Å². The molecule has 0 aliphatic carbocycles. The zero-order valence-electron chi connectivity index (χ0n) is 17.0. The van der Waals surface area contributed by atoms with Crippen molar-refractivity contribution in [3.8, 4) is 0 Å². The standard InChI is InChI=1S/C20H32O6/c1-8-9-10-11-15(24-13(2)21)20(7)17(25-14(3)22)12-16(19(4,5)6)26-18(20)23/h10-11,15-17H,8-9,12H2,1-7H3/b11-10+/t15-,16+,17-,20+/m1/s1. The molecule has 0 aromatic carbocycles. The minimum atomic E-state index is -1.30. The average Bonchev–Trinajstić information content (AvgIpc) is 2.49. The van der Waals surface area contributed by atoms with Crippen LogP contribution in [-0.2, 0) is 28.6 Å². The smallest absolute Gasteiger partial charge is 0.320 e. The number of esters is 3. The molecule has 0 aromatic rings. The van der Waals surface area contributed by atoms with E-state index < -0.39 is 41.6 Å². The second-order valence-electron chi connectivity index (χ2n) is 8.12. The van der Waals surface area contributed by atoms with Crippen LogP contribution >= 0.6 is 0 Å². The zero-order chi connectivity index (χ0) is 20.1. The molecule has 26 heavy (non-hydrogen) atoms. The quantitative estimate of drug-likeness (QED) is 0.405. The van der Waals surface area contributed by atoms with Gasteiger partial charge < -0.3 is 14.2 Å². The molecule has 0 aromatic heterocycles. The third kappa shape index (κ3) is 5.32. The molecular weight excluding hydrogens is 336 g/mol. The number of cyclic esters (lactones) is 1. The monoisotopic (exact) mass is 368 g/mol. The van der Waals surface area contributed by atoms with Crippen LogP contribution in [0.3, 0.4) is 0 Å². The summed E-state index contributed by atoms with van der Waals surface area (Å²) in [4.78, 5) is 36.3. The van der Waals surface area contributed by atoms with Crippen LogP contribution in [0.1, 0.15) is 67.7 Å². The fraction of sp³-hybridized carbons (Fsp3) is 0.750. The van der Waals surface area contributed by atoms with E-state index in [1.807, 2.05) is 33.8 Å². The minimum absolute atomic E-state index is 0.301. The first-order valence-electron chi connectivity index (χ1n) is 9.15. The van der Waals surface area contributed by atoms with Crippen LogP contribution in [0.15, 0.2) is 12.2 Å². The van der Waals surface area contributed by atoms with Gasteiger partial charge in [-0.05, 0) is 24.8 Å². The predicted octanol–water partition coefficient (Wildman–Crippen LogP) is 3.57. The number of carbonyl (C=O) groups is 3. The lowest BCUT2D eigenvalue weighted by atomic mass is 9.71. The topological polar surface area (TPSA) is 78.9 Å². The van der Waals surface area contributed by atoms with E-state index >= 15 is 0 Å². The van der Waals surface area contributed by atoms with E-state index in [2.05, 4.69) is 0 Å². The summed E-state index contributed by atoms with van der Waals surface area (Å²) in [5.74, 6) is -1.52. The van der Waals surface area contributed by atoms with Crippen molar-refractivity contribution in [2.45, 2.75) is 86.0 Å². The second kappa shape index (κ2) is 8.69. The molecule has 0 N–H and O–H groups in total. The first-order chi connectivity index (χ1) is 11.9. The normalized spacial score (nSPS) is 27.7. The lowest BCUT2D eigenvalue weighted by molar-refractivity contribution is -0.212. The summed E-state index contributed by atoms with van der Waals surface area (Å²) in [6, 6.07) is 0. The van der Waals surface area contributed by atoms with Gasteiger partial charge in [0.2, 0.25) is 0 Å². The number of ether oxygens (including phenoxy) is 3. The molecular formula is C20H32O6. The molecule has 6 heteroatoms. The molecule has 1 aliphatic rings. The summed E-state index contributed by atoms with van der Waals surface area (Å²) < 4.78 is 16.6. The molecule has 0 radical (unpaired) electrons. The van der Waals surface area contributed by atoms with Crippen molar-refractivity contribution in [3.05, 3.63) is 12.2 Å². The summed E-state index contributed by atoms with van der Waals surface area (Å²) in [6.07, 6.45) is 3.60. The molecule has 1 saturated heterocycles. The molecule has 0 unspecified atom stereocenters. The van der Waals surface area contributed by atoms with Gasteiger partial charge in [0.1, 0.15) is 23.7 Å². The number of carbonyl (C=O) groups excluding carboxylic acids is 3. The van der Waals surface area contributed by atoms with Crippen molar-refractivity contribution in [2.75, 3.05) is 0 Å². The Kier molecular flexibility index (Phi) is 7.42. The Morgan fingerprint density at radius 2 is 1.92 bits per heavy atom. The van der Waals surface area contributed by atoms with E-state index in [-0.39, 0.29) is 5.41 Å². The molecule has 1 aliphatic heterocycles. The molecule has 1 heterocycles. The van der Waals surface area contributed by atoms with Gasteiger partial charge in [0.15, 0.2) is 0 Å². The molecule has 0 saturated carbocycles. The Bertz CT molecular complexity index is 559. The SMILES string of the molecule is CCC/C=C/[C@@H](OC(C)=O)[C@]1(C)C(=O)O[C@H](C(C)(C)C)C[C@H]1OC(C)=O. The van der Waals surface area contributed by atoms with Gasteiger partial charge in [0.05, 0.1) is 0 Å². The maximum atomic E-state index is 13.0. The Morgan fingerprint density at radius 3 is 2.38 bits per heavy atom. The van der Waals surface area contributed by atoms with E-state index in [0.717, 1.165) is 12.8 Å². The van der Waals surface area contributed by atoms with Crippen LogP contribution in [0.2, 0.25) is 0 Å². The summed E-state index contributed by atoms with van der Waals surface area (Å²) in [6.45, 7) is 12.1. The molecule has 6 nitrogen and oxygen atoms in total. The Hall–Kier alpha value is -1.85. The van der Waals surface area contributed by atoms with Gasteiger partial charge >= 0.3 is 17.9 Å². The lowest BCUT2D eigenvalue weighted by Crippen LogP contribution is -2.59. The van der Waals surface area contributed by atoms with Crippen molar-refractivity contribution in [1.82, 2.24) is 0 Å². The molecule has 4 atom stereocenters. The maximum absolute atomic E-state index is 13.0. The van der Waals surface area contributed by atoms with Crippen molar-refractivity contribution in [2.24, 2.45) is 10.8 Å². The van der Waals surface area contributed by atoms with Gasteiger partial charge in [0.25, 0.3) is 0 Å². The number of rotatable bonds is 6. The van der Waals surface area contributed by atoms with E-state index in [1.54, 1.807) is 13.0 Å². The van der Waals surface area contributed by atoms with Gasteiger partial charge in [0, 0.05) is 20.3 Å². The fourth-order valence-electron chi connectivity index (χ4n) is 3.00. The summed E-state index contributed by atoms with van der Waals surface area (Å²) in [7, 11) is 0. The maximum Gasteiger partial charge on any atom is 0.320 e. The third-order valence-electron chi connectivity index (χ3n) is 4.71. The summed E-state index contributed by atoms with van der Waals surface area (Å²) >= 11 is 0. The van der Waals surface area contributed by atoms with Crippen LogP contribution in [0.4, 0.5) is 0 Å². The number of hydrogen-bond donors (Lipinski definition) is 0. The van der Waals surface area contributed by atoms with Crippen molar-refractivity contribution in [3.63, 3.8) is 0 Å². The largest absolute Gasteiger partial charge is 0.461 e. The number of hydrogen-bond acceptors (Lipinski definition) is 6. The van der Waals surface area contributed by atoms with Gasteiger partial charge in [-0.1, -0.05) is 40.2 Å². The average molecular weight is 368 g/mol. The molecule has 0 spiro atoms. The molecule has 148 valence electrons. The molecule has 0 bridgehead atoms. The number of unbranched alkanes of at least 4 members (excludes halogenated alkanes) is 1. The predicted molar refractivity (Wildman–Crippen MR) is 97.2 cm³/mol. The zero-order valence-corrected chi connectivity index (χ0v) is 17.0. The molecule has 0 amide bonds. The van der Waals surface area contributed by atoms with Crippen molar-refractivity contribution in [1.29, 1.82) is 0 Å². The van der Waals surface area contributed by atoms with Crippen LogP contribution in [0.25, 0.3) is 0 Å². The first-order valence-corrected chi connectivity index (χ1v) is 9.15. The molecule has 1 fully saturated rings. The van der Waals surface area contributed by atoms with Crippen molar-refractivity contribution < 1.29 is 28.6 Å². The van der Waals surface area contributed by atoms with Gasteiger partial charge in [-0.25, -0.2) is 0 Å². The Labute approximate surface area is 156 Å². The van der Waals surface area contributed by atoms with Crippen LogP contribution in [-0.4, -0.2) is 36.2 Å². The summed E-state index contributed by atoms with van der Waals surface area (Å²) in [5.41, 5.74) is -1.60. The van der Waals surface area contributed by atoms with Crippen LogP contribution < -0.4 is 0 Å². The van der Waals surface area contributed by atoms with Crippen molar-refractivity contribution >= 4 is 17.9 Å². The first kappa shape index (κ1) is 22.2. The van der Waals surface area contributed by atoms with E-state index in [9.17, 15) is 14.4 Å². The Balaban J connectivity index is 3.30. The second-order valence-corrected chi connectivity index (χ2v) is 8.12. The highest BCUT2D eigenvalue weighted by Crippen LogP contribution is 2.43. The Morgan fingerprint density at radius 1 is 1.31 bits per heavy atom. The van der Waals surface area contributed by atoms with Crippen LogP contribution in [0, 0.1) is 10.8 Å². The third-order valence-corrected chi connectivity index (χ3v) is 4.71. The van der Waals surface area contributed by atoms with Gasteiger partial charge in [-0.2, -0.15) is 0 Å². The van der Waals surface area contributed by atoms with Crippen LogP contribution in [0.5, 0.6) is 0 Å². The molecule has 1 rings (SSSR count). The van der Waals surface area contributed by atoms with Gasteiger partial charge in [-0.15, -0.1) is 0 Å². The van der Waals surface area contributed by atoms with E-state index in [4.69, 9.17) is 14.2 Å². The minimum Gasteiger partial charge on any atom is -0.461 e. The highest BCUT2D eigenvalue weighted by atomic mass is 16.6. The fourth-order valence-corrected chi connectivity index (χ4v) is 3.00. The lowest BCUT2D eigenvalue weighted by Gasteiger charge is -2.47. The van der Waals surface area contributed by atoms with E-state index in [1.165, 1.54) is 13.8 Å². The van der Waals surface area contributed by atoms with Gasteiger partial charge in [-0.3, -0.25) is 14.4 Å². The summed E-state index contributed by atoms with van der Waals surface area (Å²) in [5, 5.41) is 0. The highest BCUT2D eigenvalue weighted by molar-refractivity contribution is 5.81.